The van der Waals surface area contributed by atoms with Crippen LogP contribution in [-0.2, 0) is 7.05 Å². The molecule has 0 fully saturated rings. The molecule has 0 aliphatic rings. The summed E-state index contributed by atoms with van der Waals surface area (Å²) in [5, 5.41) is 11.2. The maximum atomic E-state index is 4.20. The Morgan fingerprint density at radius 2 is 1.92 bits per heavy atom. The van der Waals surface area contributed by atoms with Crippen LogP contribution >= 0.6 is 12.6 Å². The van der Waals surface area contributed by atoms with Gasteiger partial charge in [0, 0.05) is 17.5 Å². The molecule has 2 aromatic rings. The van der Waals surface area contributed by atoms with E-state index in [1.807, 2.05) is 31.3 Å². The van der Waals surface area contributed by atoms with Crippen LogP contribution in [0.3, 0.4) is 0 Å². The summed E-state index contributed by atoms with van der Waals surface area (Å²) in [5.41, 5.74) is 0.991. The van der Waals surface area contributed by atoms with Crippen LogP contribution in [0.1, 0.15) is 0 Å². The van der Waals surface area contributed by atoms with Gasteiger partial charge in [-0.1, -0.05) is 12.1 Å². The monoisotopic (exact) mass is 192 g/mol. The van der Waals surface area contributed by atoms with Gasteiger partial charge in [-0.2, -0.15) is 0 Å². The lowest BCUT2D eigenvalue weighted by Gasteiger charge is -1.98. The van der Waals surface area contributed by atoms with Crippen LogP contribution in [0.5, 0.6) is 0 Å². The second kappa shape index (κ2) is 3.18. The van der Waals surface area contributed by atoms with Gasteiger partial charge >= 0.3 is 0 Å². The first-order valence-electron chi connectivity index (χ1n) is 3.79. The normalized spacial score (nSPS) is 10.3. The zero-order chi connectivity index (χ0) is 9.26. The lowest BCUT2D eigenvalue weighted by molar-refractivity contribution is 0.714. The van der Waals surface area contributed by atoms with Crippen LogP contribution in [-0.4, -0.2) is 20.2 Å². The van der Waals surface area contributed by atoms with Crippen molar-refractivity contribution in [3.8, 4) is 11.4 Å². The van der Waals surface area contributed by atoms with E-state index in [4.69, 9.17) is 0 Å². The van der Waals surface area contributed by atoms with Gasteiger partial charge in [-0.25, -0.2) is 4.68 Å². The van der Waals surface area contributed by atoms with Crippen molar-refractivity contribution in [1.29, 1.82) is 0 Å². The Balaban J connectivity index is 2.47. The van der Waals surface area contributed by atoms with Crippen LogP contribution in [0.2, 0.25) is 0 Å². The fourth-order valence-electron chi connectivity index (χ4n) is 1.08. The predicted molar refractivity (Wildman–Crippen MR) is 51.5 cm³/mol. The van der Waals surface area contributed by atoms with E-state index in [0.29, 0.717) is 0 Å². The molecule has 2 rings (SSSR count). The third-order valence-corrected chi connectivity index (χ3v) is 2.04. The van der Waals surface area contributed by atoms with Crippen LogP contribution in [0, 0.1) is 0 Å². The molecule has 0 atom stereocenters. The maximum Gasteiger partial charge on any atom is 0.181 e. The zero-order valence-electron chi connectivity index (χ0n) is 7.05. The van der Waals surface area contributed by atoms with Crippen molar-refractivity contribution < 1.29 is 0 Å². The number of rotatable bonds is 1. The smallest absolute Gasteiger partial charge is 0.181 e. The second-order valence-electron chi connectivity index (χ2n) is 2.67. The molecule has 1 aromatic heterocycles. The van der Waals surface area contributed by atoms with Gasteiger partial charge < -0.3 is 0 Å². The van der Waals surface area contributed by atoms with E-state index in [1.54, 1.807) is 4.68 Å². The first-order chi connectivity index (χ1) is 6.27. The fourth-order valence-corrected chi connectivity index (χ4v) is 1.23. The summed E-state index contributed by atoms with van der Waals surface area (Å²) in [6.07, 6.45) is 0. The fraction of sp³-hybridized carbons (Fsp3) is 0.125. The van der Waals surface area contributed by atoms with Crippen molar-refractivity contribution in [2.75, 3.05) is 0 Å². The molecule has 0 radical (unpaired) electrons. The maximum absolute atomic E-state index is 4.20. The minimum absolute atomic E-state index is 0.758. The highest BCUT2D eigenvalue weighted by molar-refractivity contribution is 7.80. The van der Waals surface area contributed by atoms with Gasteiger partial charge in [-0.15, -0.1) is 17.7 Å². The number of nitrogens with zero attached hydrogens (tertiary/aromatic N) is 4. The number of aryl methyl sites for hydroxylation is 1. The van der Waals surface area contributed by atoms with E-state index >= 15 is 0 Å². The molecular weight excluding hydrogens is 184 g/mol. The van der Waals surface area contributed by atoms with Gasteiger partial charge in [0.25, 0.3) is 0 Å². The second-order valence-corrected chi connectivity index (χ2v) is 3.19. The van der Waals surface area contributed by atoms with E-state index in [1.165, 1.54) is 0 Å². The lowest BCUT2D eigenvalue weighted by Crippen LogP contribution is -1.94. The van der Waals surface area contributed by atoms with E-state index in [-0.39, 0.29) is 0 Å². The summed E-state index contributed by atoms with van der Waals surface area (Å²) in [4.78, 5) is 0.930. The highest BCUT2D eigenvalue weighted by Crippen LogP contribution is 2.16. The third kappa shape index (κ3) is 1.55. The molecule has 5 heteroatoms. The zero-order valence-corrected chi connectivity index (χ0v) is 7.94. The van der Waals surface area contributed by atoms with Crippen LogP contribution in [0.25, 0.3) is 11.4 Å². The van der Waals surface area contributed by atoms with Crippen molar-refractivity contribution in [2.45, 2.75) is 4.90 Å². The number of benzene rings is 1. The summed E-state index contributed by atoms with van der Waals surface area (Å²) in [7, 11) is 1.81. The number of hydrogen-bond donors (Lipinski definition) is 1. The topological polar surface area (TPSA) is 43.6 Å². The molecular formula is C8H8N4S. The van der Waals surface area contributed by atoms with Gasteiger partial charge in [-0.3, -0.25) is 0 Å². The van der Waals surface area contributed by atoms with E-state index < -0.39 is 0 Å². The third-order valence-electron chi connectivity index (χ3n) is 1.75. The van der Waals surface area contributed by atoms with Crippen LogP contribution in [0.15, 0.2) is 29.2 Å². The van der Waals surface area contributed by atoms with E-state index in [2.05, 4.69) is 28.2 Å². The van der Waals surface area contributed by atoms with Gasteiger partial charge in [-0.05, 0) is 22.6 Å². The molecule has 66 valence electrons. The molecule has 0 spiro atoms. The first kappa shape index (κ1) is 8.25. The van der Waals surface area contributed by atoms with Crippen LogP contribution in [0.4, 0.5) is 0 Å². The molecule has 4 nitrogen and oxygen atoms in total. The number of aromatic nitrogens is 4. The molecule has 0 aliphatic carbocycles. The number of hydrogen-bond acceptors (Lipinski definition) is 4. The average molecular weight is 192 g/mol. The molecule has 0 bridgehead atoms. The summed E-state index contributed by atoms with van der Waals surface area (Å²) >= 11 is 4.20. The molecule has 0 aliphatic heterocycles. The number of thiol groups is 1. The molecule has 1 aromatic carbocycles. The Morgan fingerprint density at radius 3 is 2.46 bits per heavy atom. The molecule has 0 unspecified atom stereocenters. The molecule has 0 N–H and O–H groups in total. The summed E-state index contributed by atoms with van der Waals surface area (Å²) in [5.74, 6) is 0.758. The Hall–Kier alpha value is -1.36. The largest absolute Gasteiger partial charge is 0.229 e. The molecule has 0 saturated heterocycles. The predicted octanol–water partition coefficient (Wildman–Crippen LogP) is 1.17. The Kier molecular flexibility index (Phi) is 2.02. The van der Waals surface area contributed by atoms with Crippen molar-refractivity contribution in [3.05, 3.63) is 24.3 Å². The average Bonchev–Trinajstić information content (AvgIpc) is 2.53. The summed E-state index contributed by atoms with van der Waals surface area (Å²) in [6, 6.07) is 7.70. The van der Waals surface area contributed by atoms with Crippen molar-refractivity contribution in [1.82, 2.24) is 20.2 Å². The van der Waals surface area contributed by atoms with Crippen molar-refractivity contribution >= 4 is 12.6 Å². The van der Waals surface area contributed by atoms with Gasteiger partial charge in [0.15, 0.2) is 5.82 Å². The SMILES string of the molecule is Cn1nnnc1-c1ccc(S)cc1. The minimum atomic E-state index is 0.758. The Labute approximate surface area is 81.0 Å². The Morgan fingerprint density at radius 1 is 1.23 bits per heavy atom. The number of tetrazole rings is 1. The molecule has 0 saturated carbocycles. The minimum Gasteiger partial charge on any atom is -0.229 e. The summed E-state index contributed by atoms with van der Waals surface area (Å²) < 4.78 is 1.63. The lowest BCUT2D eigenvalue weighted by atomic mass is 10.2. The molecule has 1 heterocycles. The van der Waals surface area contributed by atoms with Crippen molar-refractivity contribution in [2.24, 2.45) is 7.05 Å². The van der Waals surface area contributed by atoms with Crippen molar-refractivity contribution in [3.63, 3.8) is 0 Å². The van der Waals surface area contributed by atoms with Gasteiger partial charge in [0.2, 0.25) is 0 Å². The van der Waals surface area contributed by atoms with E-state index in [0.717, 1.165) is 16.3 Å². The standard InChI is InChI=1S/C8H8N4S/c1-12-8(9-10-11-12)6-2-4-7(13)5-3-6/h2-5,13H,1H3. The van der Waals surface area contributed by atoms with E-state index in [9.17, 15) is 0 Å². The molecule has 0 amide bonds. The first-order valence-corrected chi connectivity index (χ1v) is 4.24. The highest BCUT2D eigenvalue weighted by atomic mass is 32.1. The summed E-state index contributed by atoms with van der Waals surface area (Å²) in [6.45, 7) is 0. The van der Waals surface area contributed by atoms with Crippen LogP contribution < -0.4 is 0 Å². The Bertz CT molecular complexity index is 406. The van der Waals surface area contributed by atoms with Gasteiger partial charge in [0.05, 0.1) is 0 Å². The van der Waals surface area contributed by atoms with Gasteiger partial charge in [0.1, 0.15) is 0 Å². The quantitative estimate of drug-likeness (QED) is 0.690. The molecule has 13 heavy (non-hydrogen) atoms. The highest BCUT2D eigenvalue weighted by Gasteiger charge is 2.03.